The number of thioether (sulfide) groups is 1. The maximum atomic E-state index is 13.5. The molecule has 3 aromatic carbocycles. The molecule has 1 unspecified atom stereocenters. The Morgan fingerprint density at radius 3 is 2.32 bits per heavy atom. The molecule has 1 N–H and O–H groups in total. The van der Waals surface area contributed by atoms with Crippen molar-refractivity contribution in [2.24, 2.45) is 0 Å². The van der Waals surface area contributed by atoms with E-state index in [0.717, 1.165) is 11.1 Å². The molecule has 1 heterocycles. The number of nitrogens with one attached hydrogen (secondary N) is 1. The Kier molecular flexibility index (Phi) is 7.69. The number of para-hydroxylation sites is 1. The van der Waals surface area contributed by atoms with Crippen LogP contribution in [0.3, 0.4) is 0 Å². The number of carbonyl (C=O) groups excluding carboxylic acids is 2. The molecule has 1 saturated heterocycles. The van der Waals surface area contributed by atoms with Gasteiger partial charge >= 0.3 is 0 Å². The number of anilines is 1. The first-order chi connectivity index (χ1) is 16.6. The van der Waals surface area contributed by atoms with Crippen LogP contribution in [0, 0.1) is 11.3 Å². The molecule has 0 radical (unpaired) electrons. The molecule has 1 fully saturated rings. The quantitative estimate of drug-likeness (QED) is 0.370. The van der Waals surface area contributed by atoms with Crippen molar-refractivity contribution in [3.05, 3.63) is 112 Å². The van der Waals surface area contributed by atoms with E-state index in [9.17, 15) is 14.9 Å². The van der Waals surface area contributed by atoms with Crippen LogP contribution in [-0.4, -0.2) is 23.6 Å². The standard InChI is InChI=1S/C27H22ClN3O2S/c28-23-14-8-7-11-20(23)17-24-26(33)31(21-12-5-2-6-13-21)27(34-24)22(18-29)25(32)30-16-15-19-9-3-1-4-10-19/h1-14,24H,15-17H2,(H,30,32)/b27-22-. The van der Waals surface area contributed by atoms with Gasteiger partial charge in [0.1, 0.15) is 16.7 Å². The maximum absolute atomic E-state index is 13.5. The lowest BCUT2D eigenvalue weighted by molar-refractivity contribution is -0.117. The van der Waals surface area contributed by atoms with Gasteiger partial charge < -0.3 is 5.32 Å². The van der Waals surface area contributed by atoms with Crippen molar-refractivity contribution in [1.82, 2.24) is 5.32 Å². The second-order valence-electron chi connectivity index (χ2n) is 7.69. The Bertz CT molecular complexity index is 1260. The number of hydrogen-bond donors (Lipinski definition) is 1. The summed E-state index contributed by atoms with van der Waals surface area (Å²) < 4.78 is 0. The zero-order chi connectivity index (χ0) is 23.9. The second kappa shape index (κ2) is 11.1. The summed E-state index contributed by atoms with van der Waals surface area (Å²) in [5.74, 6) is -0.677. The summed E-state index contributed by atoms with van der Waals surface area (Å²) in [6.07, 6.45) is 1.04. The molecular weight excluding hydrogens is 466 g/mol. The average molecular weight is 488 g/mol. The molecule has 0 aromatic heterocycles. The summed E-state index contributed by atoms with van der Waals surface area (Å²) in [5, 5.41) is 13.1. The minimum atomic E-state index is -0.504. The monoisotopic (exact) mass is 487 g/mol. The maximum Gasteiger partial charge on any atom is 0.264 e. The zero-order valence-corrected chi connectivity index (χ0v) is 19.9. The average Bonchev–Trinajstić information content (AvgIpc) is 3.17. The number of nitrogens with zero attached hydrogens (tertiary/aromatic N) is 2. The summed E-state index contributed by atoms with van der Waals surface area (Å²) in [4.78, 5) is 27.9. The third-order valence-electron chi connectivity index (χ3n) is 5.43. The normalized spacial score (nSPS) is 16.8. The fraction of sp³-hybridized carbons (Fsp3) is 0.148. The lowest BCUT2D eigenvalue weighted by Gasteiger charge is -2.18. The molecule has 1 atom stereocenters. The Balaban J connectivity index is 1.61. The van der Waals surface area contributed by atoms with Crippen LogP contribution >= 0.6 is 23.4 Å². The molecule has 1 aliphatic heterocycles. The number of carbonyl (C=O) groups is 2. The highest BCUT2D eigenvalue weighted by Gasteiger charge is 2.40. The number of rotatable bonds is 7. The molecule has 7 heteroatoms. The van der Waals surface area contributed by atoms with Gasteiger partial charge in [-0.2, -0.15) is 5.26 Å². The second-order valence-corrected chi connectivity index (χ2v) is 9.29. The molecule has 1 aliphatic rings. The first kappa shape index (κ1) is 23.6. The van der Waals surface area contributed by atoms with Gasteiger partial charge in [0.05, 0.1) is 5.25 Å². The van der Waals surface area contributed by atoms with E-state index in [-0.39, 0.29) is 11.5 Å². The molecule has 0 bridgehead atoms. The summed E-state index contributed by atoms with van der Waals surface area (Å²) in [7, 11) is 0. The van der Waals surface area contributed by atoms with Crippen LogP contribution in [0.4, 0.5) is 5.69 Å². The van der Waals surface area contributed by atoms with Gasteiger partial charge in [-0.15, -0.1) is 0 Å². The Labute approximate surface area is 208 Å². The summed E-state index contributed by atoms with van der Waals surface area (Å²) >= 11 is 7.56. The lowest BCUT2D eigenvalue weighted by atomic mass is 10.1. The molecule has 0 aliphatic carbocycles. The molecule has 4 rings (SSSR count). The predicted molar refractivity (Wildman–Crippen MR) is 136 cm³/mol. The van der Waals surface area contributed by atoms with Gasteiger partial charge in [-0.3, -0.25) is 14.5 Å². The van der Waals surface area contributed by atoms with Crippen molar-refractivity contribution in [1.29, 1.82) is 5.26 Å². The molecule has 5 nitrogen and oxygen atoms in total. The Morgan fingerprint density at radius 2 is 1.65 bits per heavy atom. The van der Waals surface area contributed by atoms with E-state index in [1.165, 1.54) is 16.7 Å². The van der Waals surface area contributed by atoms with Gasteiger partial charge in [0.2, 0.25) is 5.91 Å². The molecule has 0 spiro atoms. The van der Waals surface area contributed by atoms with Crippen molar-refractivity contribution >= 4 is 40.9 Å². The van der Waals surface area contributed by atoms with Gasteiger partial charge in [0.15, 0.2) is 0 Å². The van der Waals surface area contributed by atoms with E-state index in [4.69, 9.17) is 11.6 Å². The van der Waals surface area contributed by atoms with Crippen LogP contribution in [0.1, 0.15) is 11.1 Å². The van der Waals surface area contributed by atoms with Gasteiger partial charge in [-0.05, 0) is 42.2 Å². The van der Waals surface area contributed by atoms with Gasteiger partial charge in [0, 0.05) is 17.3 Å². The smallest absolute Gasteiger partial charge is 0.264 e. The molecule has 34 heavy (non-hydrogen) atoms. The molecular formula is C27H22ClN3O2S. The summed E-state index contributed by atoms with van der Waals surface area (Å²) in [6.45, 7) is 0.383. The zero-order valence-electron chi connectivity index (χ0n) is 18.3. The molecule has 3 aromatic rings. The molecule has 0 saturated carbocycles. The van der Waals surface area contributed by atoms with Crippen LogP contribution in [-0.2, 0) is 22.4 Å². The highest BCUT2D eigenvalue weighted by molar-refractivity contribution is 8.05. The number of benzene rings is 3. The highest BCUT2D eigenvalue weighted by Crippen LogP contribution is 2.42. The van der Waals surface area contributed by atoms with Crippen LogP contribution < -0.4 is 10.2 Å². The minimum absolute atomic E-state index is 0.0723. The van der Waals surface area contributed by atoms with E-state index in [0.29, 0.717) is 35.1 Å². The highest BCUT2D eigenvalue weighted by atomic mass is 35.5. The van der Waals surface area contributed by atoms with Crippen LogP contribution in [0.2, 0.25) is 5.02 Å². The van der Waals surface area contributed by atoms with E-state index in [1.54, 1.807) is 18.2 Å². The van der Waals surface area contributed by atoms with E-state index < -0.39 is 11.2 Å². The Hall–Kier alpha value is -3.53. The number of hydrogen-bond acceptors (Lipinski definition) is 4. The van der Waals surface area contributed by atoms with E-state index >= 15 is 0 Å². The largest absolute Gasteiger partial charge is 0.351 e. The van der Waals surface area contributed by atoms with Gasteiger partial charge in [-0.25, -0.2) is 0 Å². The Morgan fingerprint density at radius 1 is 1.00 bits per heavy atom. The van der Waals surface area contributed by atoms with Crippen LogP contribution in [0.15, 0.2) is 95.5 Å². The fourth-order valence-corrected chi connectivity index (χ4v) is 5.22. The summed E-state index contributed by atoms with van der Waals surface area (Å²) in [5.41, 5.74) is 2.47. The van der Waals surface area contributed by atoms with Crippen molar-refractivity contribution in [2.45, 2.75) is 18.1 Å². The first-order valence-corrected chi connectivity index (χ1v) is 12.1. The topological polar surface area (TPSA) is 73.2 Å². The van der Waals surface area contributed by atoms with Crippen molar-refractivity contribution in [3.63, 3.8) is 0 Å². The molecule has 170 valence electrons. The third kappa shape index (κ3) is 5.33. The van der Waals surface area contributed by atoms with E-state index in [1.807, 2.05) is 72.8 Å². The molecule has 2 amide bonds. The van der Waals surface area contributed by atoms with Crippen molar-refractivity contribution in [3.8, 4) is 6.07 Å². The van der Waals surface area contributed by atoms with Crippen LogP contribution in [0.25, 0.3) is 0 Å². The number of halogens is 1. The van der Waals surface area contributed by atoms with Crippen molar-refractivity contribution < 1.29 is 9.59 Å². The van der Waals surface area contributed by atoms with Gasteiger partial charge in [0.25, 0.3) is 5.91 Å². The lowest BCUT2D eigenvalue weighted by Crippen LogP contribution is -2.32. The van der Waals surface area contributed by atoms with E-state index in [2.05, 4.69) is 5.32 Å². The minimum Gasteiger partial charge on any atom is -0.351 e. The number of amides is 2. The fourth-order valence-electron chi connectivity index (χ4n) is 3.72. The van der Waals surface area contributed by atoms with Crippen LogP contribution in [0.5, 0.6) is 0 Å². The summed E-state index contributed by atoms with van der Waals surface area (Å²) in [6, 6.07) is 28.3. The van der Waals surface area contributed by atoms with Gasteiger partial charge in [-0.1, -0.05) is 90.1 Å². The third-order valence-corrected chi connectivity index (χ3v) is 7.06. The SMILES string of the molecule is N#C/C(C(=O)NCCc1ccccc1)=C1/SC(Cc2ccccc2Cl)C(=O)N1c1ccccc1. The first-order valence-electron chi connectivity index (χ1n) is 10.8. The van der Waals surface area contributed by atoms with Crippen molar-refractivity contribution in [2.75, 3.05) is 11.4 Å². The predicted octanol–water partition coefficient (Wildman–Crippen LogP) is 5.13. The number of nitriles is 1.